The zero-order valence-electron chi connectivity index (χ0n) is 16.5. The lowest BCUT2D eigenvalue weighted by atomic mass is 10.2. The van der Waals surface area contributed by atoms with Crippen LogP contribution in [0.4, 0.5) is 4.79 Å². The Labute approximate surface area is 177 Å². The van der Waals surface area contributed by atoms with Gasteiger partial charge in [-0.3, -0.25) is 0 Å². The molecule has 2 aromatic rings. The van der Waals surface area contributed by atoms with Gasteiger partial charge in [-0.2, -0.15) is 4.31 Å². The maximum atomic E-state index is 13.1. The molecule has 1 N–H and O–H groups in total. The van der Waals surface area contributed by atoms with Crippen LogP contribution in [-0.4, -0.2) is 43.8 Å². The van der Waals surface area contributed by atoms with Crippen LogP contribution in [0.25, 0.3) is 0 Å². The fourth-order valence-electron chi connectivity index (χ4n) is 3.41. The number of rotatable bonds is 6. The Morgan fingerprint density at radius 3 is 2.34 bits per heavy atom. The van der Waals surface area contributed by atoms with Crippen LogP contribution in [-0.2, 0) is 23.1 Å². The van der Waals surface area contributed by atoms with Gasteiger partial charge in [-0.05, 0) is 36.1 Å². The molecule has 29 heavy (non-hydrogen) atoms. The Bertz CT molecular complexity index is 959. The second-order valence-corrected chi connectivity index (χ2v) is 9.49. The lowest BCUT2D eigenvalue weighted by molar-refractivity contribution is 0.206. The fourth-order valence-corrected chi connectivity index (χ4v) is 5.34. The zero-order valence-corrected chi connectivity index (χ0v) is 18.0. The average molecular weight is 436 g/mol. The van der Waals surface area contributed by atoms with Gasteiger partial charge in [0.1, 0.15) is 0 Å². The highest BCUT2D eigenvalue weighted by molar-refractivity contribution is 7.89. The van der Waals surface area contributed by atoms with Crippen molar-refractivity contribution >= 4 is 27.7 Å². The lowest BCUT2D eigenvalue weighted by Gasteiger charge is -2.27. The van der Waals surface area contributed by atoms with E-state index in [1.165, 1.54) is 4.90 Å². The van der Waals surface area contributed by atoms with Crippen molar-refractivity contribution in [2.45, 2.75) is 37.2 Å². The van der Waals surface area contributed by atoms with Crippen molar-refractivity contribution in [2.24, 2.45) is 0 Å². The summed E-state index contributed by atoms with van der Waals surface area (Å²) in [5.74, 6) is 0. The predicted octanol–water partition coefficient (Wildman–Crippen LogP) is 3.86. The SMILES string of the molecule is CN(Cc1ccccc1Cl)C(=O)NCc1ccccc1S(=O)(=O)N1CCCCC1. The molecule has 156 valence electrons. The van der Waals surface area contributed by atoms with Gasteiger partial charge < -0.3 is 10.2 Å². The number of carbonyl (C=O) groups excluding carboxylic acids is 1. The molecule has 0 radical (unpaired) electrons. The van der Waals surface area contributed by atoms with Crippen LogP contribution in [0.2, 0.25) is 5.02 Å². The monoisotopic (exact) mass is 435 g/mol. The number of urea groups is 1. The molecular formula is C21H26ClN3O3S. The third-order valence-corrected chi connectivity index (χ3v) is 7.42. The largest absolute Gasteiger partial charge is 0.334 e. The van der Waals surface area contributed by atoms with E-state index in [1.54, 1.807) is 41.7 Å². The minimum Gasteiger partial charge on any atom is -0.334 e. The van der Waals surface area contributed by atoms with Crippen molar-refractivity contribution in [1.82, 2.24) is 14.5 Å². The van der Waals surface area contributed by atoms with E-state index in [0.29, 0.717) is 30.2 Å². The Hall–Kier alpha value is -2.09. The van der Waals surface area contributed by atoms with Gasteiger partial charge in [0.05, 0.1) is 4.90 Å². The molecule has 0 aliphatic carbocycles. The van der Waals surface area contributed by atoms with E-state index in [1.807, 2.05) is 18.2 Å². The minimum absolute atomic E-state index is 0.134. The van der Waals surface area contributed by atoms with E-state index < -0.39 is 10.0 Å². The summed E-state index contributed by atoms with van der Waals surface area (Å²) in [5.41, 5.74) is 1.43. The van der Waals surface area contributed by atoms with Gasteiger partial charge in [0.2, 0.25) is 10.0 Å². The van der Waals surface area contributed by atoms with Crippen molar-refractivity contribution in [1.29, 1.82) is 0 Å². The molecule has 1 saturated heterocycles. The Kier molecular flexibility index (Phi) is 7.16. The van der Waals surface area contributed by atoms with Crippen LogP contribution >= 0.6 is 11.6 Å². The third-order valence-electron chi connectivity index (χ3n) is 5.05. The first-order chi connectivity index (χ1) is 13.9. The third kappa shape index (κ3) is 5.29. The van der Waals surface area contributed by atoms with Crippen LogP contribution in [0.5, 0.6) is 0 Å². The number of benzene rings is 2. The van der Waals surface area contributed by atoms with Crippen LogP contribution in [0.1, 0.15) is 30.4 Å². The fraction of sp³-hybridized carbons (Fsp3) is 0.381. The predicted molar refractivity (Wildman–Crippen MR) is 114 cm³/mol. The first-order valence-corrected chi connectivity index (χ1v) is 11.5. The van der Waals surface area contributed by atoms with Crippen LogP contribution in [0.15, 0.2) is 53.4 Å². The molecule has 0 spiro atoms. The van der Waals surface area contributed by atoms with Crippen LogP contribution < -0.4 is 5.32 Å². The van der Waals surface area contributed by atoms with Crippen LogP contribution in [0.3, 0.4) is 0 Å². The Morgan fingerprint density at radius 1 is 1.03 bits per heavy atom. The summed E-state index contributed by atoms with van der Waals surface area (Å²) < 4.78 is 27.6. The molecule has 0 bridgehead atoms. The molecule has 1 aliphatic rings. The molecule has 0 aromatic heterocycles. The van der Waals surface area contributed by atoms with Gasteiger partial charge in [0.25, 0.3) is 0 Å². The second kappa shape index (κ2) is 9.61. The highest BCUT2D eigenvalue weighted by atomic mass is 35.5. The van der Waals surface area contributed by atoms with Gasteiger partial charge in [-0.25, -0.2) is 13.2 Å². The van der Waals surface area contributed by atoms with E-state index in [4.69, 9.17) is 11.6 Å². The minimum atomic E-state index is -3.56. The summed E-state index contributed by atoms with van der Waals surface area (Å²) in [7, 11) is -1.89. The van der Waals surface area contributed by atoms with Crippen molar-refractivity contribution in [2.75, 3.05) is 20.1 Å². The summed E-state index contributed by atoms with van der Waals surface area (Å²) in [5, 5.41) is 3.42. The Balaban J connectivity index is 1.68. The van der Waals surface area contributed by atoms with Crippen LogP contribution in [0, 0.1) is 0 Å². The summed E-state index contributed by atoms with van der Waals surface area (Å²) in [6.45, 7) is 1.58. The number of sulfonamides is 1. The van der Waals surface area contributed by atoms with Gasteiger partial charge in [-0.15, -0.1) is 0 Å². The quantitative estimate of drug-likeness (QED) is 0.749. The topological polar surface area (TPSA) is 69.7 Å². The molecule has 1 fully saturated rings. The Morgan fingerprint density at radius 2 is 1.66 bits per heavy atom. The first-order valence-electron chi connectivity index (χ1n) is 9.70. The highest BCUT2D eigenvalue weighted by Crippen LogP contribution is 2.23. The maximum absolute atomic E-state index is 13.1. The lowest BCUT2D eigenvalue weighted by Crippen LogP contribution is -2.38. The van der Waals surface area contributed by atoms with Crippen molar-refractivity contribution in [3.63, 3.8) is 0 Å². The molecule has 3 rings (SSSR count). The van der Waals surface area contributed by atoms with Gasteiger partial charge in [-0.1, -0.05) is 54.4 Å². The maximum Gasteiger partial charge on any atom is 0.317 e. The van der Waals surface area contributed by atoms with Gasteiger partial charge in [0.15, 0.2) is 0 Å². The number of piperidine rings is 1. The van der Waals surface area contributed by atoms with Crippen molar-refractivity contribution < 1.29 is 13.2 Å². The number of nitrogens with zero attached hydrogens (tertiary/aromatic N) is 2. The average Bonchev–Trinajstić information content (AvgIpc) is 2.74. The molecule has 2 amide bonds. The summed E-state index contributed by atoms with van der Waals surface area (Å²) in [6, 6.07) is 13.9. The number of halogens is 1. The zero-order chi connectivity index (χ0) is 20.9. The molecule has 0 atom stereocenters. The van der Waals surface area contributed by atoms with E-state index in [2.05, 4.69) is 5.32 Å². The second-order valence-electron chi connectivity index (χ2n) is 7.18. The molecular weight excluding hydrogens is 410 g/mol. The van der Waals surface area contributed by atoms with Gasteiger partial charge >= 0.3 is 6.03 Å². The van der Waals surface area contributed by atoms with E-state index in [9.17, 15) is 13.2 Å². The summed E-state index contributed by atoms with van der Waals surface area (Å²) in [6.07, 6.45) is 2.82. The highest BCUT2D eigenvalue weighted by Gasteiger charge is 2.28. The van der Waals surface area contributed by atoms with E-state index in [0.717, 1.165) is 24.8 Å². The number of nitrogens with one attached hydrogen (secondary N) is 1. The summed E-state index contributed by atoms with van der Waals surface area (Å²) in [4.78, 5) is 14.3. The molecule has 0 saturated carbocycles. The molecule has 8 heteroatoms. The van der Waals surface area contributed by atoms with Crippen molar-refractivity contribution in [3.05, 3.63) is 64.7 Å². The normalized spacial score (nSPS) is 15.1. The van der Waals surface area contributed by atoms with Crippen molar-refractivity contribution in [3.8, 4) is 0 Å². The number of hydrogen-bond acceptors (Lipinski definition) is 3. The molecule has 6 nitrogen and oxygen atoms in total. The van der Waals surface area contributed by atoms with Gasteiger partial charge in [0, 0.05) is 38.2 Å². The molecule has 1 heterocycles. The van der Waals surface area contributed by atoms with E-state index >= 15 is 0 Å². The molecule has 0 unspecified atom stereocenters. The summed E-state index contributed by atoms with van der Waals surface area (Å²) >= 11 is 6.16. The standard InChI is InChI=1S/C21H26ClN3O3S/c1-24(16-18-10-3-5-11-19(18)22)21(26)23-15-17-9-4-6-12-20(17)29(27,28)25-13-7-2-8-14-25/h3-6,9-12H,2,7-8,13-16H2,1H3,(H,23,26). The number of amides is 2. The smallest absolute Gasteiger partial charge is 0.317 e. The molecule has 1 aliphatic heterocycles. The first kappa shape index (κ1) is 21.6. The number of hydrogen-bond donors (Lipinski definition) is 1. The van der Waals surface area contributed by atoms with E-state index in [-0.39, 0.29) is 17.5 Å². The number of carbonyl (C=O) groups is 1. The molecule has 2 aromatic carbocycles.